The molecule has 182 valence electrons. The first kappa shape index (κ1) is 26.5. The Labute approximate surface area is 198 Å². The number of methoxy groups -OCH3 is 1. The minimum Gasteiger partial charge on any atom is -0.495 e. The smallest absolute Gasteiger partial charge is 0.232 e. The third-order valence-electron chi connectivity index (χ3n) is 5.18. The van der Waals surface area contributed by atoms with Gasteiger partial charge in [-0.3, -0.25) is 9.10 Å². The molecule has 0 bridgehead atoms. The quantitative estimate of drug-likeness (QED) is 0.495. The van der Waals surface area contributed by atoms with E-state index in [1.54, 1.807) is 12.1 Å². The first-order valence-electron chi connectivity index (χ1n) is 11.0. The van der Waals surface area contributed by atoms with Crippen molar-refractivity contribution in [3.63, 3.8) is 0 Å². The number of aryl methyl sites for hydroxylation is 1. The molecule has 0 fully saturated rings. The van der Waals surface area contributed by atoms with Crippen LogP contribution < -0.4 is 19.1 Å². The Hall–Kier alpha value is -2.74. The zero-order chi connectivity index (χ0) is 24.6. The number of benzene rings is 2. The maximum Gasteiger partial charge on any atom is 0.232 e. The van der Waals surface area contributed by atoms with Gasteiger partial charge in [-0.2, -0.15) is 0 Å². The Balaban J connectivity index is 1.81. The van der Waals surface area contributed by atoms with Crippen molar-refractivity contribution < 1.29 is 22.7 Å². The SMILES string of the molecule is COc1ccc(C)cc1N(CCCC(=O)NCCOc1ccc(C(C)(C)C)cc1)S(C)(=O)=O. The maximum atomic E-state index is 12.4. The second-order valence-corrected chi connectivity index (χ2v) is 11.0. The molecule has 2 rings (SSSR count). The van der Waals surface area contributed by atoms with Gasteiger partial charge in [-0.15, -0.1) is 0 Å². The highest BCUT2D eigenvalue weighted by atomic mass is 32.2. The second-order valence-electron chi connectivity index (χ2n) is 9.09. The zero-order valence-electron chi connectivity index (χ0n) is 20.5. The van der Waals surface area contributed by atoms with E-state index in [0.29, 0.717) is 31.0 Å². The molecule has 0 atom stereocenters. The lowest BCUT2D eigenvalue weighted by atomic mass is 9.87. The van der Waals surface area contributed by atoms with Crippen LogP contribution in [0.2, 0.25) is 0 Å². The number of nitrogens with one attached hydrogen (secondary N) is 1. The largest absolute Gasteiger partial charge is 0.495 e. The maximum absolute atomic E-state index is 12.4. The predicted molar refractivity (Wildman–Crippen MR) is 133 cm³/mol. The molecule has 0 saturated heterocycles. The normalized spacial score (nSPS) is 11.7. The van der Waals surface area contributed by atoms with Gasteiger partial charge in [0.25, 0.3) is 0 Å². The number of rotatable bonds is 11. The van der Waals surface area contributed by atoms with Gasteiger partial charge in [-0.25, -0.2) is 8.42 Å². The van der Waals surface area contributed by atoms with Crippen LogP contribution in [0.5, 0.6) is 11.5 Å². The number of ether oxygens (including phenoxy) is 2. The molecule has 7 nitrogen and oxygen atoms in total. The number of nitrogens with zero attached hydrogens (tertiary/aromatic N) is 1. The van der Waals surface area contributed by atoms with Crippen molar-refractivity contribution in [1.29, 1.82) is 0 Å². The van der Waals surface area contributed by atoms with E-state index in [-0.39, 0.29) is 24.3 Å². The van der Waals surface area contributed by atoms with Gasteiger partial charge in [0.2, 0.25) is 15.9 Å². The van der Waals surface area contributed by atoms with E-state index >= 15 is 0 Å². The lowest BCUT2D eigenvalue weighted by Crippen LogP contribution is -2.33. The Kier molecular flexibility index (Phi) is 9.16. The summed E-state index contributed by atoms with van der Waals surface area (Å²) in [5.41, 5.74) is 2.72. The molecule has 0 aliphatic carbocycles. The summed E-state index contributed by atoms with van der Waals surface area (Å²) in [6, 6.07) is 13.3. The van der Waals surface area contributed by atoms with Crippen molar-refractivity contribution in [3.05, 3.63) is 53.6 Å². The zero-order valence-corrected chi connectivity index (χ0v) is 21.3. The molecular formula is C25H36N2O5S. The average Bonchev–Trinajstić information content (AvgIpc) is 2.73. The summed E-state index contributed by atoms with van der Waals surface area (Å²) in [6.45, 7) is 9.28. The number of hydrogen-bond donors (Lipinski definition) is 1. The van der Waals surface area contributed by atoms with E-state index in [2.05, 4.69) is 26.1 Å². The minimum atomic E-state index is -3.53. The second kappa shape index (κ2) is 11.4. The topological polar surface area (TPSA) is 84.9 Å². The highest BCUT2D eigenvalue weighted by molar-refractivity contribution is 7.92. The molecule has 1 amide bonds. The van der Waals surface area contributed by atoms with Gasteiger partial charge in [-0.05, 0) is 54.2 Å². The molecule has 0 aliphatic heterocycles. The van der Waals surface area contributed by atoms with Crippen LogP contribution in [0.4, 0.5) is 5.69 Å². The number of hydrogen-bond acceptors (Lipinski definition) is 5. The average molecular weight is 477 g/mol. The number of amides is 1. The van der Waals surface area contributed by atoms with E-state index in [1.807, 2.05) is 37.3 Å². The lowest BCUT2D eigenvalue weighted by Gasteiger charge is -2.24. The van der Waals surface area contributed by atoms with Crippen molar-refractivity contribution in [1.82, 2.24) is 5.32 Å². The van der Waals surface area contributed by atoms with Crippen molar-refractivity contribution in [2.45, 2.75) is 46.0 Å². The lowest BCUT2D eigenvalue weighted by molar-refractivity contribution is -0.121. The Morgan fingerprint density at radius 3 is 2.33 bits per heavy atom. The van der Waals surface area contributed by atoms with Gasteiger partial charge in [-0.1, -0.05) is 39.0 Å². The third-order valence-corrected chi connectivity index (χ3v) is 6.36. The van der Waals surface area contributed by atoms with Gasteiger partial charge < -0.3 is 14.8 Å². The number of sulfonamides is 1. The molecule has 33 heavy (non-hydrogen) atoms. The minimum absolute atomic E-state index is 0.0870. The van der Waals surface area contributed by atoms with Crippen LogP contribution in [0.15, 0.2) is 42.5 Å². The van der Waals surface area contributed by atoms with Crippen molar-refractivity contribution in [3.8, 4) is 11.5 Å². The number of carbonyl (C=O) groups is 1. The van der Waals surface area contributed by atoms with Crippen molar-refractivity contribution in [2.24, 2.45) is 0 Å². The summed E-state index contributed by atoms with van der Waals surface area (Å²) in [6.07, 6.45) is 1.74. The van der Waals surface area contributed by atoms with Crippen LogP contribution in [0, 0.1) is 6.92 Å². The molecule has 0 aromatic heterocycles. The van der Waals surface area contributed by atoms with Crippen molar-refractivity contribution >= 4 is 21.6 Å². The van der Waals surface area contributed by atoms with Gasteiger partial charge >= 0.3 is 0 Å². The molecule has 8 heteroatoms. The fraction of sp³-hybridized carbons (Fsp3) is 0.480. The summed E-state index contributed by atoms with van der Waals surface area (Å²) < 4.78 is 37.0. The summed E-state index contributed by atoms with van der Waals surface area (Å²) in [4.78, 5) is 12.2. The molecule has 0 heterocycles. The molecule has 0 spiro atoms. The first-order valence-corrected chi connectivity index (χ1v) is 12.9. The molecule has 1 N–H and O–H groups in total. The van der Waals surface area contributed by atoms with Gasteiger partial charge in [0.05, 0.1) is 25.6 Å². The van der Waals surface area contributed by atoms with E-state index in [1.165, 1.54) is 17.0 Å². The van der Waals surface area contributed by atoms with E-state index < -0.39 is 10.0 Å². The van der Waals surface area contributed by atoms with Gasteiger partial charge in [0, 0.05) is 13.0 Å². The van der Waals surface area contributed by atoms with E-state index in [4.69, 9.17) is 9.47 Å². The summed E-state index contributed by atoms with van der Waals surface area (Å²) in [7, 11) is -2.02. The highest BCUT2D eigenvalue weighted by Crippen LogP contribution is 2.31. The molecule has 0 radical (unpaired) electrons. The van der Waals surface area contributed by atoms with Crippen LogP contribution in [0.3, 0.4) is 0 Å². The predicted octanol–water partition coefficient (Wildman–Crippen LogP) is 4.04. The van der Waals surface area contributed by atoms with E-state index in [9.17, 15) is 13.2 Å². The summed E-state index contributed by atoms with van der Waals surface area (Å²) >= 11 is 0. The number of carbonyl (C=O) groups excluding carboxylic acids is 1. The van der Waals surface area contributed by atoms with E-state index in [0.717, 1.165) is 17.6 Å². The van der Waals surface area contributed by atoms with Gasteiger partial charge in [0.15, 0.2) is 0 Å². The van der Waals surface area contributed by atoms with Gasteiger partial charge in [0.1, 0.15) is 18.1 Å². The third kappa shape index (κ3) is 8.28. The molecule has 0 saturated carbocycles. The Morgan fingerprint density at radius 2 is 1.76 bits per heavy atom. The highest BCUT2D eigenvalue weighted by Gasteiger charge is 2.21. The molecule has 0 unspecified atom stereocenters. The van der Waals surface area contributed by atoms with Crippen LogP contribution >= 0.6 is 0 Å². The Bertz CT molecular complexity index is 1030. The Morgan fingerprint density at radius 1 is 1.09 bits per heavy atom. The summed E-state index contributed by atoms with van der Waals surface area (Å²) in [5.74, 6) is 1.09. The van der Waals surface area contributed by atoms with Crippen LogP contribution in [-0.2, 0) is 20.2 Å². The van der Waals surface area contributed by atoms with Crippen LogP contribution in [-0.4, -0.2) is 47.4 Å². The molecule has 2 aromatic rings. The first-order chi connectivity index (χ1) is 15.4. The van der Waals surface area contributed by atoms with Crippen LogP contribution in [0.1, 0.15) is 44.7 Å². The standard InChI is InChI=1S/C25H36N2O5S/c1-19-9-14-23(31-5)22(18-19)27(33(6,29)30)16-7-8-24(28)26-15-17-32-21-12-10-20(11-13-21)25(2,3)4/h9-14,18H,7-8,15-17H2,1-6H3,(H,26,28). The molecular weight excluding hydrogens is 440 g/mol. The van der Waals surface area contributed by atoms with Crippen molar-refractivity contribution in [2.75, 3.05) is 37.4 Å². The molecule has 0 aliphatic rings. The monoisotopic (exact) mass is 476 g/mol. The van der Waals surface area contributed by atoms with Crippen LogP contribution in [0.25, 0.3) is 0 Å². The molecule has 2 aromatic carbocycles. The summed E-state index contributed by atoms with van der Waals surface area (Å²) in [5, 5.41) is 2.82. The fourth-order valence-electron chi connectivity index (χ4n) is 3.34. The fourth-order valence-corrected chi connectivity index (χ4v) is 4.30. The number of anilines is 1.